The lowest BCUT2D eigenvalue weighted by molar-refractivity contribution is -0.137. The Balaban J connectivity index is 1.94. The van der Waals surface area contributed by atoms with Gasteiger partial charge in [-0.05, 0) is 53.8 Å². The highest BCUT2D eigenvalue weighted by Crippen LogP contribution is 2.39. The third-order valence-corrected chi connectivity index (χ3v) is 5.48. The Hall–Kier alpha value is -2.90. The van der Waals surface area contributed by atoms with Crippen LogP contribution in [0, 0.1) is 5.92 Å². The molecule has 32 heavy (non-hydrogen) atoms. The summed E-state index contributed by atoms with van der Waals surface area (Å²) in [5.74, 6) is 1.38. The van der Waals surface area contributed by atoms with Crippen LogP contribution in [0.3, 0.4) is 0 Å². The van der Waals surface area contributed by atoms with E-state index in [0.29, 0.717) is 30.9 Å². The Morgan fingerprint density at radius 3 is 2.44 bits per heavy atom. The van der Waals surface area contributed by atoms with Crippen LogP contribution in [-0.2, 0) is 17.4 Å². The molecule has 8 heteroatoms. The van der Waals surface area contributed by atoms with Crippen molar-refractivity contribution < 1.29 is 32.2 Å². The molecule has 1 atom stereocenters. The molecule has 174 valence electrons. The molecule has 0 fully saturated rings. The summed E-state index contributed by atoms with van der Waals surface area (Å²) in [6, 6.07) is 8.01. The van der Waals surface area contributed by atoms with Crippen LogP contribution in [0.25, 0.3) is 0 Å². The number of alkyl halides is 3. The van der Waals surface area contributed by atoms with Gasteiger partial charge in [-0.3, -0.25) is 4.79 Å². The third-order valence-electron chi connectivity index (χ3n) is 5.48. The van der Waals surface area contributed by atoms with Crippen molar-refractivity contribution in [1.29, 1.82) is 0 Å². The minimum atomic E-state index is -4.46. The maximum atomic E-state index is 13.1. The van der Waals surface area contributed by atoms with Crippen LogP contribution >= 0.6 is 0 Å². The Kier molecular flexibility index (Phi) is 7.21. The normalized spacial score (nSPS) is 16.0. The van der Waals surface area contributed by atoms with Gasteiger partial charge in [0.2, 0.25) is 5.91 Å². The van der Waals surface area contributed by atoms with Gasteiger partial charge in [0.1, 0.15) is 12.4 Å². The number of hydrogen-bond donors (Lipinski definition) is 0. The molecule has 2 aromatic rings. The highest BCUT2D eigenvalue weighted by atomic mass is 19.4. The van der Waals surface area contributed by atoms with Crippen molar-refractivity contribution in [1.82, 2.24) is 4.90 Å². The van der Waals surface area contributed by atoms with Crippen LogP contribution in [-0.4, -0.2) is 38.2 Å². The van der Waals surface area contributed by atoms with Crippen molar-refractivity contribution in [2.45, 2.75) is 38.9 Å². The zero-order valence-electron chi connectivity index (χ0n) is 18.7. The molecule has 0 unspecified atom stereocenters. The van der Waals surface area contributed by atoms with E-state index < -0.39 is 17.8 Å². The van der Waals surface area contributed by atoms with Crippen molar-refractivity contribution in [3.05, 3.63) is 53.1 Å². The molecular weight excluding hydrogens is 423 g/mol. The van der Waals surface area contributed by atoms with Crippen molar-refractivity contribution in [2.75, 3.05) is 27.4 Å². The van der Waals surface area contributed by atoms with Gasteiger partial charge in [0.15, 0.2) is 11.5 Å². The summed E-state index contributed by atoms with van der Waals surface area (Å²) in [5, 5.41) is 0. The first-order valence-electron chi connectivity index (χ1n) is 10.5. The highest BCUT2D eigenvalue weighted by Gasteiger charge is 2.34. The number of rotatable bonds is 7. The molecule has 1 heterocycles. The number of benzene rings is 2. The van der Waals surface area contributed by atoms with Gasteiger partial charge in [-0.15, -0.1) is 0 Å². The fraction of sp³-hybridized carbons (Fsp3) is 0.458. The predicted molar refractivity (Wildman–Crippen MR) is 114 cm³/mol. The maximum Gasteiger partial charge on any atom is 0.416 e. The minimum absolute atomic E-state index is 0.0157. The van der Waals surface area contributed by atoms with E-state index in [1.165, 1.54) is 19.2 Å². The molecular formula is C24H28F3NO4. The summed E-state index contributed by atoms with van der Waals surface area (Å²) in [6.45, 7) is 4.45. The molecule has 0 radical (unpaired) electrons. The van der Waals surface area contributed by atoms with Crippen LogP contribution < -0.4 is 14.2 Å². The molecule has 0 saturated carbocycles. The predicted octanol–water partition coefficient (Wildman–Crippen LogP) is 5.27. The zero-order chi connectivity index (χ0) is 23.5. The molecule has 1 amide bonds. The summed E-state index contributed by atoms with van der Waals surface area (Å²) in [6.07, 6.45) is -3.44. The van der Waals surface area contributed by atoms with Crippen LogP contribution in [0.5, 0.6) is 17.2 Å². The van der Waals surface area contributed by atoms with E-state index in [9.17, 15) is 18.0 Å². The lowest BCUT2D eigenvalue weighted by atomic mass is 9.91. The van der Waals surface area contributed by atoms with Gasteiger partial charge in [0.25, 0.3) is 0 Å². The van der Waals surface area contributed by atoms with E-state index in [0.717, 1.165) is 23.3 Å². The number of hydrogen-bond acceptors (Lipinski definition) is 4. The van der Waals surface area contributed by atoms with Crippen LogP contribution in [0.15, 0.2) is 36.4 Å². The molecule has 0 bridgehead atoms. The van der Waals surface area contributed by atoms with Gasteiger partial charge in [-0.1, -0.05) is 19.9 Å². The molecule has 2 aromatic carbocycles. The second-order valence-electron chi connectivity index (χ2n) is 8.19. The van der Waals surface area contributed by atoms with Gasteiger partial charge in [-0.25, -0.2) is 0 Å². The summed E-state index contributed by atoms with van der Waals surface area (Å²) >= 11 is 0. The molecule has 0 saturated heterocycles. The van der Waals surface area contributed by atoms with E-state index in [-0.39, 0.29) is 24.2 Å². The second kappa shape index (κ2) is 9.71. The van der Waals surface area contributed by atoms with E-state index in [1.54, 1.807) is 12.0 Å². The Morgan fingerprint density at radius 1 is 1.12 bits per heavy atom. The maximum absolute atomic E-state index is 13.1. The third kappa shape index (κ3) is 5.29. The molecule has 0 aromatic heterocycles. The molecule has 0 spiro atoms. The van der Waals surface area contributed by atoms with Crippen LogP contribution in [0.1, 0.15) is 43.0 Å². The van der Waals surface area contributed by atoms with Crippen LogP contribution in [0.2, 0.25) is 0 Å². The molecule has 5 nitrogen and oxygen atoms in total. The van der Waals surface area contributed by atoms with Gasteiger partial charge in [0.05, 0.1) is 25.8 Å². The number of amides is 1. The number of methoxy groups -OCH3 is 2. The largest absolute Gasteiger partial charge is 0.493 e. The van der Waals surface area contributed by atoms with E-state index >= 15 is 0 Å². The quantitative estimate of drug-likeness (QED) is 0.575. The number of fused-ring (bicyclic) bond motifs is 1. The van der Waals surface area contributed by atoms with Crippen molar-refractivity contribution in [2.24, 2.45) is 5.92 Å². The van der Waals surface area contributed by atoms with Gasteiger partial charge < -0.3 is 19.1 Å². The summed E-state index contributed by atoms with van der Waals surface area (Å²) in [5.41, 5.74) is 1.06. The topological polar surface area (TPSA) is 48.0 Å². The average Bonchev–Trinajstić information content (AvgIpc) is 2.75. The number of carbonyl (C=O) groups excluding carboxylic acids is 1. The molecule has 3 rings (SSSR count). The summed E-state index contributed by atoms with van der Waals surface area (Å²) in [7, 11) is 3.09. The fourth-order valence-electron chi connectivity index (χ4n) is 3.91. The zero-order valence-corrected chi connectivity index (χ0v) is 18.7. The van der Waals surface area contributed by atoms with Crippen LogP contribution in [0.4, 0.5) is 13.2 Å². The summed E-state index contributed by atoms with van der Waals surface area (Å²) in [4.78, 5) is 14.7. The molecule has 1 aliphatic heterocycles. The number of nitrogens with zero attached hydrogens (tertiary/aromatic N) is 1. The first-order chi connectivity index (χ1) is 15.1. The lowest BCUT2D eigenvalue weighted by Gasteiger charge is -2.38. The molecule has 1 aliphatic rings. The summed E-state index contributed by atoms with van der Waals surface area (Å²) < 4.78 is 55.8. The van der Waals surface area contributed by atoms with Gasteiger partial charge in [0, 0.05) is 13.0 Å². The van der Waals surface area contributed by atoms with Crippen molar-refractivity contribution in [3.8, 4) is 17.2 Å². The highest BCUT2D eigenvalue weighted by molar-refractivity contribution is 5.77. The number of carbonyl (C=O) groups is 1. The van der Waals surface area contributed by atoms with E-state index in [2.05, 4.69) is 0 Å². The Morgan fingerprint density at radius 2 is 1.81 bits per heavy atom. The monoisotopic (exact) mass is 451 g/mol. The minimum Gasteiger partial charge on any atom is -0.493 e. The lowest BCUT2D eigenvalue weighted by Crippen LogP contribution is -2.43. The van der Waals surface area contributed by atoms with Gasteiger partial charge in [-0.2, -0.15) is 13.2 Å². The second-order valence-corrected chi connectivity index (χ2v) is 8.19. The van der Waals surface area contributed by atoms with Crippen molar-refractivity contribution >= 4 is 5.91 Å². The van der Waals surface area contributed by atoms with Gasteiger partial charge >= 0.3 is 6.18 Å². The number of halogens is 3. The van der Waals surface area contributed by atoms with E-state index in [4.69, 9.17) is 14.2 Å². The Bertz CT molecular complexity index is 959. The van der Waals surface area contributed by atoms with E-state index in [1.807, 2.05) is 26.0 Å². The first kappa shape index (κ1) is 23.8. The fourth-order valence-corrected chi connectivity index (χ4v) is 3.91. The SMILES string of the molecule is COc1cc2c(cc1OC)[C@@H](COc1cccc(C(F)(F)F)c1)N(C(=O)CC(C)C)CC2. The number of ether oxygens (including phenoxy) is 3. The van der Waals surface area contributed by atoms with Crippen molar-refractivity contribution in [3.63, 3.8) is 0 Å². The molecule has 0 aliphatic carbocycles. The average molecular weight is 451 g/mol. The smallest absolute Gasteiger partial charge is 0.416 e. The Labute approximate surface area is 186 Å². The standard InChI is InChI=1S/C24H28F3NO4/c1-15(2)10-23(29)28-9-8-16-11-21(30-3)22(31-4)13-19(16)20(28)14-32-18-7-5-6-17(12-18)24(25,26)27/h5-7,11-13,15,20H,8-10,14H2,1-4H3/t20-/m1/s1. The molecule has 0 N–H and O–H groups in total. The first-order valence-corrected chi connectivity index (χ1v) is 10.5.